The molecule has 1 spiro atoms. The predicted molar refractivity (Wildman–Crippen MR) is 108 cm³/mol. The first-order chi connectivity index (χ1) is 13.6. The Morgan fingerprint density at radius 2 is 1.89 bits per heavy atom. The molecule has 3 aliphatic heterocycles. The first kappa shape index (κ1) is 17.5. The van der Waals surface area contributed by atoms with Crippen LogP contribution in [-0.2, 0) is 6.42 Å². The predicted octanol–water partition coefficient (Wildman–Crippen LogP) is 1.91. The molecule has 6 nitrogen and oxygen atoms in total. The monoisotopic (exact) mass is 378 g/mol. The van der Waals surface area contributed by atoms with Crippen molar-refractivity contribution in [1.82, 2.24) is 14.8 Å². The molecule has 1 amide bonds. The van der Waals surface area contributed by atoms with E-state index in [1.807, 2.05) is 29.2 Å². The molecular weight excluding hydrogens is 352 g/mol. The summed E-state index contributed by atoms with van der Waals surface area (Å²) in [5.41, 5.74) is 2.19. The van der Waals surface area contributed by atoms with E-state index in [0.717, 1.165) is 69.4 Å². The SMILES string of the molecule is CN1CCN(C(=O)c2ccnc(N3CC4(COc5ccccc5C4)C3)c2)CC1. The average molecular weight is 378 g/mol. The Kier molecular flexibility index (Phi) is 4.23. The summed E-state index contributed by atoms with van der Waals surface area (Å²) in [5.74, 6) is 2.02. The molecule has 0 bridgehead atoms. The van der Waals surface area contributed by atoms with E-state index in [-0.39, 0.29) is 11.3 Å². The number of ether oxygens (including phenoxy) is 1. The van der Waals surface area contributed by atoms with Gasteiger partial charge in [-0.15, -0.1) is 0 Å². The van der Waals surface area contributed by atoms with Gasteiger partial charge in [-0.3, -0.25) is 4.79 Å². The molecule has 0 radical (unpaired) electrons. The van der Waals surface area contributed by atoms with Crippen LogP contribution in [0.4, 0.5) is 5.82 Å². The number of piperazine rings is 1. The smallest absolute Gasteiger partial charge is 0.254 e. The molecule has 4 heterocycles. The largest absolute Gasteiger partial charge is 0.493 e. The van der Waals surface area contributed by atoms with Crippen molar-refractivity contribution in [2.45, 2.75) is 6.42 Å². The molecule has 28 heavy (non-hydrogen) atoms. The lowest BCUT2D eigenvalue weighted by Crippen LogP contribution is -2.61. The normalized spacial score (nSPS) is 21.0. The molecule has 0 aliphatic carbocycles. The van der Waals surface area contributed by atoms with Crippen LogP contribution in [0.2, 0.25) is 0 Å². The molecule has 2 saturated heterocycles. The number of rotatable bonds is 2. The number of carbonyl (C=O) groups is 1. The van der Waals surface area contributed by atoms with Crippen LogP contribution in [0.5, 0.6) is 5.75 Å². The Hall–Kier alpha value is -2.60. The molecule has 6 heteroatoms. The molecule has 5 rings (SSSR count). The number of likely N-dealkylation sites (N-methyl/N-ethyl adjacent to an activating group) is 1. The summed E-state index contributed by atoms with van der Waals surface area (Å²) < 4.78 is 6.00. The van der Waals surface area contributed by atoms with Gasteiger partial charge in [-0.25, -0.2) is 4.98 Å². The third-order valence-corrected chi connectivity index (χ3v) is 6.23. The second-order valence-electron chi connectivity index (χ2n) is 8.43. The number of amides is 1. The first-order valence-corrected chi connectivity index (χ1v) is 10.0. The number of hydrogen-bond donors (Lipinski definition) is 0. The number of nitrogens with zero attached hydrogens (tertiary/aromatic N) is 4. The van der Waals surface area contributed by atoms with Crippen LogP contribution >= 0.6 is 0 Å². The lowest BCUT2D eigenvalue weighted by Gasteiger charge is -2.52. The molecule has 2 fully saturated rings. The molecule has 0 N–H and O–H groups in total. The van der Waals surface area contributed by atoms with Gasteiger partial charge in [0.25, 0.3) is 5.91 Å². The van der Waals surface area contributed by atoms with Gasteiger partial charge in [0.05, 0.1) is 6.61 Å². The average Bonchev–Trinajstić information content (AvgIpc) is 2.72. The van der Waals surface area contributed by atoms with Gasteiger partial charge >= 0.3 is 0 Å². The highest BCUT2D eigenvalue weighted by molar-refractivity contribution is 5.95. The lowest BCUT2D eigenvalue weighted by molar-refractivity contribution is 0.0663. The minimum atomic E-state index is 0.113. The van der Waals surface area contributed by atoms with Gasteiger partial charge < -0.3 is 19.4 Å². The van der Waals surface area contributed by atoms with E-state index < -0.39 is 0 Å². The molecule has 146 valence electrons. The van der Waals surface area contributed by atoms with E-state index in [4.69, 9.17) is 4.74 Å². The van der Waals surface area contributed by atoms with E-state index >= 15 is 0 Å². The minimum Gasteiger partial charge on any atom is -0.493 e. The molecule has 0 unspecified atom stereocenters. The van der Waals surface area contributed by atoms with Crippen LogP contribution in [0.15, 0.2) is 42.6 Å². The van der Waals surface area contributed by atoms with Gasteiger partial charge in [0, 0.05) is 56.4 Å². The van der Waals surface area contributed by atoms with Gasteiger partial charge in [-0.05, 0) is 37.2 Å². The summed E-state index contributed by atoms with van der Waals surface area (Å²) in [6, 6.07) is 12.1. The van der Waals surface area contributed by atoms with Crippen LogP contribution in [0.3, 0.4) is 0 Å². The highest BCUT2D eigenvalue weighted by atomic mass is 16.5. The van der Waals surface area contributed by atoms with E-state index in [1.165, 1.54) is 5.56 Å². The van der Waals surface area contributed by atoms with Crippen molar-refractivity contribution < 1.29 is 9.53 Å². The van der Waals surface area contributed by atoms with Crippen LogP contribution in [0.25, 0.3) is 0 Å². The molecule has 2 aromatic rings. The lowest BCUT2D eigenvalue weighted by atomic mass is 9.74. The van der Waals surface area contributed by atoms with Crippen molar-refractivity contribution in [2.24, 2.45) is 5.41 Å². The fraction of sp³-hybridized carbons (Fsp3) is 0.455. The fourth-order valence-corrected chi connectivity index (χ4v) is 4.52. The van der Waals surface area contributed by atoms with Crippen molar-refractivity contribution >= 4 is 11.7 Å². The van der Waals surface area contributed by atoms with E-state index in [0.29, 0.717) is 0 Å². The van der Waals surface area contributed by atoms with Crippen molar-refractivity contribution in [2.75, 3.05) is 57.8 Å². The highest BCUT2D eigenvalue weighted by Gasteiger charge is 2.46. The van der Waals surface area contributed by atoms with Gasteiger partial charge in [-0.1, -0.05) is 18.2 Å². The molecule has 3 aliphatic rings. The summed E-state index contributed by atoms with van der Waals surface area (Å²) >= 11 is 0. The number of aromatic nitrogens is 1. The standard InChI is InChI=1S/C22H26N4O2/c1-24-8-10-25(11-9-24)21(27)17-6-7-23-20(12-17)26-14-22(15-26)13-18-4-2-3-5-19(18)28-16-22/h2-7,12H,8-11,13-16H2,1H3. The van der Waals surface area contributed by atoms with Crippen LogP contribution in [-0.4, -0.2) is 73.6 Å². The third-order valence-electron chi connectivity index (χ3n) is 6.23. The van der Waals surface area contributed by atoms with Crippen LogP contribution < -0.4 is 9.64 Å². The van der Waals surface area contributed by atoms with Gasteiger partial charge in [0.15, 0.2) is 0 Å². The Morgan fingerprint density at radius 1 is 1.11 bits per heavy atom. The van der Waals surface area contributed by atoms with Gasteiger partial charge in [-0.2, -0.15) is 0 Å². The third kappa shape index (κ3) is 3.11. The number of carbonyl (C=O) groups excluding carboxylic acids is 1. The molecule has 1 aromatic carbocycles. The van der Waals surface area contributed by atoms with Crippen molar-refractivity contribution in [3.05, 3.63) is 53.7 Å². The van der Waals surface area contributed by atoms with Crippen molar-refractivity contribution in [1.29, 1.82) is 0 Å². The molecule has 0 saturated carbocycles. The maximum absolute atomic E-state index is 12.9. The Morgan fingerprint density at radius 3 is 2.71 bits per heavy atom. The number of benzene rings is 1. The van der Waals surface area contributed by atoms with Gasteiger partial charge in [0.1, 0.15) is 11.6 Å². The van der Waals surface area contributed by atoms with Gasteiger partial charge in [0.2, 0.25) is 0 Å². The topological polar surface area (TPSA) is 48.9 Å². The number of para-hydroxylation sites is 1. The Balaban J connectivity index is 1.26. The number of fused-ring (bicyclic) bond motifs is 1. The summed E-state index contributed by atoms with van der Waals surface area (Å²) in [7, 11) is 2.10. The van der Waals surface area contributed by atoms with E-state index in [1.54, 1.807) is 6.20 Å². The molecule has 0 atom stereocenters. The van der Waals surface area contributed by atoms with Crippen LogP contribution in [0, 0.1) is 5.41 Å². The summed E-state index contributed by atoms with van der Waals surface area (Å²) in [4.78, 5) is 23.9. The quantitative estimate of drug-likeness (QED) is 0.799. The number of pyridine rings is 1. The molecule has 1 aromatic heterocycles. The summed E-state index contributed by atoms with van der Waals surface area (Å²) in [6.45, 7) is 6.02. The van der Waals surface area contributed by atoms with Crippen LogP contribution in [0.1, 0.15) is 15.9 Å². The summed E-state index contributed by atoms with van der Waals surface area (Å²) in [5, 5.41) is 0. The van der Waals surface area contributed by atoms with E-state index in [2.05, 4.69) is 34.0 Å². The highest BCUT2D eigenvalue weighted by Crippen LogP contribution is 2.42. The number of hydrogen-bond acceptors (Lipinski definition) is 5. The zero-order valence-electron chi connectivity index (χ0n) is 16.3. The maximum Gasteiger partial charge on any atom is 0.254 e. The fourth-order valence-electron chi connectivity index (χ4n) is 4.52. The minimum absolute atomic E-state index is 0.113. The Labute approximate surface area is 165 Å². The number of anilines is 1. The van der Waals surface area contributed by atoms with E-state index in [9.17, 15) is 4.79 Å². The second-order valence-corrected chi connectivity index (χ2v) is 8.43. The van der Waals surface area contributed by atoms with Crippen molar-refractivity contribution in [3.8, 4) is 5.75 Å². The van der Waals surface area contributed by atoms with Crippen molar-refractivity contribution in [3.63, 3.8) is 0 Å². The second kappa shape index (κ2) is 6.78. The first-order valence-electron chi connectivity index (χ1n) is 10.0. The molecular formula is C22H26N4O2. The maximum atomic E-state index is 12.9. The summed E-state index contributed by atoms with van der Waals surface area (Å²) in [6.07, 6.45) is 2.80. The zero-order chi connectivity index (χ0) is 19.1. The zero-order valence-corrected chi connectivity index (χ0v) is 16.3. The Bertz CT molecular complexity index is 886.